The molecular weight excluding hydrogens is 369 g/mol. The van der Waals surface area contributed by atoms with Crippen LogP contribution in [0.15, 0.2) is 35.6 Å². The Labute approximate surface area is 159 Å². The smallest absolute Gasteiger partial charge is 0.280 e. The normalized spacial score (nSPS) is 18.9. The zero-order valence-electron chi connectivity index (χ0n) is 15.7. The van der Waals surface area contributed by atoms with Gasteiger partial charge in [-0.2, -0.15) is 5.10 Å². The number of alkyl halides is 2. The minimum absolute atomic E-state index is 0.101. The van der Waals surface area contributed by atoms with E-state index in [2.05, 4.69) is 10.1 Å². The Bertz CT molecular complexity index is 1090. The summed E-state index contributed by atoms with van der Waals surface area (Å²) in [6, 6.07) is 4.57. The molecule has 1 atom stereocenters. The number of rotatable bonds is 4. The van der Waals surface area contributed by atoms with E-state index in [1.807, 2.05) is 6.92 Å². The lowest BCUT2D eigenvalue weighted by Crippen LogP contribution is -2.36. The van der Waals surface area contributed by atoms with Crippen molar-refractivity contribution in [3.8, 4) is 5.75 Å². The molecule has 0 spiro atoms. The average molecular weight is 388 g/mol. The third-order valence-corrected chi connectivity index (χ3v) is 4.82. The van der Waals surface area contributed by atoms with Crippen molar-refractivity contribution in [2.45, 2.75) is 45.8 Å². The van der Waals surface area contributed by atoms with E-state index < -0.39 is 18.0 Å². The van der Waals surface area contributed by atoms with Gasteiger partial charge in [0.05, 0.1) is 17.5 Å². The number of para-hydroxylation sites is 1. The highest BCUT2D eigenvalue weighted by Crippen LogP contribution is 2.37. The molecule has 146 valence electrons. The topological polar surface area (TPSA) is 51.8 Å². The number of ether oxygens (including phenoxy) is 1. The lowest BCUT2D eigenvalue weighted by molar-refractivity contribution is 0.0787. The molecule has 0 saturated carbocycles. The summed E-state index contributed by atoms with van der Waals surface area (Å²) in [4.78, 5) is 9.02. The Morgan fingerprint density at radius 2 is 2.00 bits per heavy atom. The second-order valence-corrected chi connectivity index (χ2v) is 7.02. The van der Waals surface area contributed by atoms with Gasteiger partial charge in [0, 0.05) is 18.2 Å². The van der Waals surface area contributed by atoms with E-state index in [-0.39, 0.29) is 17.1 Å². The minimum atomic E-state index is -2.70. The lowest BCUT2D eigenvalue weighted by atomic mass is 9.99. The van der Waals surface area contributed by atoms with Crippen LogP contribution in [0.1, 0.15) is 55.5 Å². The molecule has 3 heterocycles. The van der Waals surface area contributed by atoms with Crippen LogP contribution in [0.3, 0.4) is 0 Å². The Morgan fingerprint density at radius 3 is 2.71 bits per heavy atom. The molecule has 3 aromatic rings. The molecule has 0 N–H and O–H groups in total. The average Bonchev–Trinajstić information content (AvgIpc) is 3.05. The standard InChI is InChI=1S/C20H19F3N4O/c1-4-8-20(3)26-15(12-6-5-7-14(21)17(12)28-20)13-10-25-27-16(18(22)23)11(2)9-24-19(13)27/h5-7,9-10,18H,4,8H2,1-3H3. The second-order valence-electron chi connectivity index (χ2n) is 7.02. The number of aliphatic imine (C=N–C) groups is 1. The van der Waals surface area contributed by atoms with Crippen molar-refractivity contribution in [2.24, 2.45) is 4.99 Å². The van der Waals surface area contributed by atoms with Crippen molar-refractivity contribution >= 4 is 11.4 Å². The first-order chi connectivity index (χ1) is 13.3. The Morgan fingerprint density at radius 1 is 1.21 bits per heavy atom. The highest BCUT2D eigenvalue weighted by atomic mass is 19.3. The maximum Gasteiger partial charge on any atom is 0.280 e. The molecule has 1 aliphatic rings. The molecule has 0 bridgehead atoms. The summed E-state index contributed by atoms with van der Waals surface area (Å²) in [5.74, 6) is -0.398. The van der Waals surface area contributed by atoms with Crippen LogP contribution in [0.4, 0.5) is 13.2 Å². The zero-order valence-corrected chi connectivity index (χ0v) is 15.7. The van der Waals surface area contributed by atoms with Crippen LogP contribution in [-0.4, -0.2) is 26.0 Å². The lowest BCUT2D eigenvalue weighted by Gasteiger charge is -2.33. The first kappa shape index (κ1) is 18.5. The van der Waals surface area contributed by atoms with Crippen LogP contribution >= 0.6 is 0 Å². The second kappa shape index (κ2) is 6.61. The van der Waals surface area contributed by atoms with Crippen molar-refractivity contribution in [1.82, 2.24) is 14.6 Å². The molecule has 1 aromatic carbocycles. The molecule has 5 nitrogen and oxygen atoms in total. The van der Waals surface area contributed by atoms with Crippen molar-refractivity contribution in [3.05, 3.63) is 58.8 Å². The Balaban J connectivity index is 1.98. The van der Waals surface area contributed by atoms with Gasteiger partial charge in [0.2, 0.25) is 0 Å². The van der Waals surface area contributed by atoms with E-state index in [1.54, 1.807) is 26.0 Å². The van der Waals surface area contributed by atoms with E-state index in [0.717, 1.165) is 10.9 Å². The van der Waals surface area contributed by atoms with E-state index >= 15 is 0 Å². The van der Waals surface area contributed by atoms with E-state index in [0.29, 0.717) is 28.8 Å². The van der Waals surface area contributed by atoms with Crippen molar-refractivity contribution in [1.29, 1.82) is 0 Å². The van der Waals surface area contributed by atoms with Gasteiger partial charge in [-0.1, -0.05) is 19.4 Å². The fourth-order valence-electron chi connectivity index (χ4n) is 3.58. The first-order valence-electron chi connectivity index (χ1n) is 9.04. The van der Waals surface area contributed by atoms with Crippen molar-refractivity contribution < 1.29 is 17.9 Å². The summed E-state index contributed by atoms with van der Waals surface area (Å²) >= 11 is 0. The molecule has 4 rings (SSSR count). The van der Waals surface area contributed by atoms with Gasteiger partial charge in [-0.25, -0.2) is 27.7 Å². The molecule has 8 heteroatoms. The molecular formula is C20H19F3N4O. The minimum Gasteiger partial charge on any atom is -0.463 e. The number of hydrogen-bond donors (Lipinski definition) is 0. The molecule has 2 aromatic heterocycles. The molecule has 0 amide bonds. The maximum absolute atomic E-state index is 14.5. The van der Waals surface area contributed by atoms with Gasteiger partial charge in [-0.3, -0.25) is 0 Å². The highest BCUT2D eigenvalue weighted by Gasteiger charge is 2.35. The fourth-order valence-corrected chi connectivity index (χ4v) is 3.58. The SMILES string of the molecule is CCCC1(C)N=C(c2cnn3c(C(F)F)c(C)cnc23)c2cccc(F)c2O1. The number of aryl methyl sites for hydroxylation is 1. The quantitative estimate of drug-likeness (QED) is 0.641. The van der Waals surface area contributed by atoms with Crippen molar-refractivity contribution in [2.75, 3.05) is 0 Å². The Hall–Kier alpha value is -2.90. The van der Waals surface area contributed by atoms with Crippen LogP contribution in [-0.2, 0) is 0 Å². The van der Waals surface area contributed by atoms with Gasteiger partial charge in [0.25, 0.3) is 6.43 Å². The molecule has 1 aliphatic heterocycles. The number of halogens is 3. The van der Waals surface area contributed by atoms with Crippen LogP contribution in [0.2, 0.25) is 0 Å². The summed E-state index contributed by atoms with van der Waals surface area (Å²) in [6.45, 7) is 5.32. The summed E-state index contributed by atoms with van der Waals surface area (Å²) in [6.07, 6.45) is 1.47. The van der Waals surface area contributed by atoms with Gasteiger partial charge < -0.3 is 4.74 Å². The van der Waals surface area contributed by atoms with Crippen LogP contribution in [0.25, 0.3) is 5.65 Å². The summed E-state index contributed by atoms with van der Waals surface area (Å²) in [5.41, 5.74) is 0.736. The van der Waals surface area contributed by atoms with E-state index in [1.165, 1.54) is 18.5 Å². The Kier molecular flexibility index (Phi) is 4.36. The van der Waals surface area contributed by atoms with Gasteiger partial charge in [-0.15, -0.1) is 0 Å². The van der Waals surface area contributed by atoms with Crippen LogP contribution in [0, 0.1) is 12.7 Å². The molecule has 0 radical (unpaired) electrons. The van der Waals surface area contributed by atoms with Gasteiger partial charge >= 0.3 is 0 Å². The molecule has 0 saturated heterocycles. The first-order valence-corrected chi connectivity index (χ1v) is 9.04. The third-order valence-electron chi connectivity index (χ3n) is 4.82. The fraction of sp³-hybridized carbons (Fsp3) is 0.350. The van der Waals surface area contributed by atoms with Gasteiger partial charge in [0.1, 0.15) is 5.69 Å². The number of benzene rings is 1. The summed E-state index contributed by atoms with van der Waals surface area (Å²) in [5, 5.41) is 4.12. The third kappa shape index (κ3) is 2.83. The van der Waals surface area contributed by atoms with E-state index in [4.69, 9.17) is 9.73 Å². The van der Waals surface area contributed by atoms with Crippen LogP contribution < -0.4 is 4.74 Å². The van der Waals surface area contributed by atoms with Crippen LogP contribution in [0.5, 0.6) is 5.75 Å². The maximum atomic E-state index is 14.5. The molecule has 0 aliphatic carbocycles. The summed E-state index contributed by atoms with van der Waals surface area (Å²) < 4.78 is 48.6. The summed E-state index contributed by atoms with van der Waals surface area (Å²) in [7, 11) is 0. The largest absolute Gasteiger partial charge is 0.463 e. The molecule has 1 unspecified atom stereocenters. The number of hydrogen-bond acceptors (Lipinski definition) is 4. The molecule has 0 fully saturated rings. The predicted molar refractivity (Wildman–Crippen MR) is 98.7 cm³/mol. The molecule has 28 heavy (non-hydrogen) atoms. The van der Waals surface area contributed by atoms with Gasteiger partial charge in [0.15, 0.2) is 22.9 Å². The number of fused-ring (bicyclic) bond motifs is 2. The van der Waals surface area contributed by atoms with Crippen molar-refractivity contribution in [3.63, 3.8) is 0 Å². The highest BCUT2D eigenvalue weighted by molar-refractivity contribution is 6.18. The van der Waals surface area contributed by atoms with Gasteiger partial charge in [-0.05, 0) is 31.5 Å². The predicted octanol–water partition coefficient (Wildman–Crippen LogP) is 4.86. The zero-order chi connectivity index (χ0) is 20.1. The number of aromatic nitrogens is 3. The monoisotopic (exact) mass is 388 g/mol. The number of nitrogens with zero attached hydrogens (tertiary/aromatic N) is 4. The van der Waals surface area contributed by atoms with E-state index in [9.17, 15) is 13.2 Å².